The normalized spacial score (nSPS) is 17.0. The number of hydrogen-bond donors (Lipinski definition) is 0. The van der Waals surface area contributed by atoms with E-state index >= 15 is 0 Å². The van der Waals surface area contributed by atoms with Crippen LogP contribution in [0.4, 0.5) is 5.69 Å². The Morgan fingerprint density at radius 2 is 1.95 bits per heavy atom. The third-order valence-electron chi connectivity index (χ3n) is 3.68. The molecule has 7 heteroatoms. The largest absolute Gasteiger partial charge is 0.269 e. The van der Waals surface area contributed by atoms with Crippen LogP contribution in [0.2, 0.25) is 0 Å². The number of rotatable bonds is 3. The molecule has 0 unspecified atom stereocenters. The van der Waals surface area contributed by atoms with E-state index in [1.54, 1.807) is 23.5 Å². The molecule has 0 bridgehead atoms. The molecule has 0 atom stereocenters. The van der Waals surface area contributed by atoms with Gasteiger partial charge in [0.25, 0.3) is 5.69 Å². The third kappa shape index (κ3) is 3.23. The van der Waals surface area contributed by atoms with E-state index < -0.39 is 0 Å². The van der Waals surface area contributed by atoms with Gasteiger partial charge in [0, 0.05) is 37.3 Å². The molecule has 0 saturated carbocycles. The van der Waals surface area contributed by atoms with Crippen LogP contribution in [0.25, 0.3) is 10.4 Å². The predicted octanol–water partition coefficient (Wildman–Crippen LogP) is 4.05. The molecule has 1 aromatic carbocycles. The first-order chi connectivity index (χ1) is 10.1. The van der Waals surface area contributed by atoms with Crippen LogP contribution in [-0.2, 0) is 0 Å². The smallest absolute Gasteiger partial charge is 0.258 e. The van der Waals surface area contributed by atoms with Gasteiger partial charge in [-0.1, -0.05) is 0 Å². The highest BCUT2D eigenvalue weighted by atomic mass is 35.5. The number of halogens is 1. The number of thiazole rings is 1. The lowest BCUT2D eigenvalue weighted by atomic mass is 9.99. The molecule has 0 spiro atoms. The minimum atomic E-state index is -0.387. The molecule has 1 aliphatic heterocycles. The second-order valence-electron chi connectivity index (χ2n) is 5.05. The van der Waals surface area contributed by atoms with Crippen molar-refractivity contribution in [1.82, 2.24) is 9.40 Å². The summed E-state index contributed by atoms with van der Waals surface area (Å²) in [6.07, 6.45) is 3.90. The number of aromatic nitrogens is 1. The molecule has 0 amide bonds. The fourth-order valence-electron chi connectivity index (χ4n) is 2.45. The van der Waals surface area contributed by atoms with Gasteiger partial charge in [0.1, 0.15) is 0 Å². The number of hydrogen-bond acceptors (Lipinski definition) is 5. The number of nitro groups is 1. The van der Waals surface area contributed by atoms with E-state index in [4.69, 9.17) is 11.8 Å². The van der Waals surface area contributed by atoms with Gasteiger partial charge in [-0.3, -0.25) is 10.1 Å². The maximum absolute atomic E-state index is 10.7. The van der Waals surface area contributed by atoms with Gasteiger partial charge in [-0.2, -0.15) is 0 Å². The van der Waals surface area contributed by atoms with Crippen molar-refractivity contribution in [3.05, 3.63) is 45.6 Å². The maximum Gasteiger partial charge on any atom is 0.269 e. The van der Waals surface area contributed by atoms with Gasteiger partial charge in [-0.05, 0) is 42.3 Å². The lowest BCUT2D eigenvalue weighted by Gasteiger charge is -2.25. The lowest BCUT2D eigenvalue weighted by molar-refractivity contribution is -0.384. The second-order valence-corrected chi connectivity index (χ2v) is 6.59. The quantitative estimate of drug-likeness (QED) is 0.485. The van der Waals surface area contributed by atoms with Crippen molar-refractivity contribution in [1.29, 1.82) is 0 Å². The van der Waals surface area contributed by atoms with E-state index in [9.17, 15) is 10.1 Å². The Morgan fingerprint density at radius 1 is 1.29 bits per heavy atom. The van der Waals surface area contributed by atoms with Gasteiger partial charge in [0.15, 0.2) is 0 Å². The summed E-state index contributed by atoms with van der Waals surface area (Å²) >= 11 is 7.64. The van der Waals surface area contributed by atoms with Crippen LogP contribution < -0.4 is 0 Å². The van der Waals surface area contributed by atoms with Gasteiger partial charge in [-0.25, -0.2) is 9.40 Å². The summed E-state index contributed by atoms with van der Waals surface area (Å²) in [4.78, 5) is 15.9. The van der Waals surface area contributed by atoms with Crippen molar-refractivity contribution in [2.24, 2.45) is 0 Å². The van der Waals surface area contributed by atoms with E-state index in [1.165, 1.54) is 12.1 Å². The second kappa shape index (κ2) is 6.09. The Hall–Kier alpha value is -1.50. The molecule has 110 valence electrons. The van der Waals surface area contributed by atoms with Crippen LogP contribution >= 0.6 is 23.1 Å². The molecule has 21 heavy (non-hydrogen) atoms. The van der Waals surface area contributed by atoms with Crippen molar-refractivity contribution in [2.75, 3.05) is 13.1 Å². The van der Waals surface area contributed by atoms with E-state index in [-0.39, 0.29) is 10.6 Å². The highest BCUT2D eigenvalue weighted by Crippen LogP contribution is 2.35. The summed E-state index contributed by atoms with van der Waals surface area (Å²) < 4.78 is 1.82. The van der Waals surface area contributed by atoms with E-state index in [0.29, 0.717) is 5.92 Å². The SMILES string of the molecule is O=[N+]([O-])c1ccc(-c2cnc(C3CCN(Cl)CC3)s2)cc1. The summed E-state index contributed by atoms with van der Waals surface area (Å²) in [6.45, 7) is 1.78. The molecule has 5 nitrogen and oxygen atoms in total. The average Bonchev–Trinajstić information content (AvgIpc) is 2.98. The molecular weight excluding hydrogens is 310 g/mol. The molecular formula is C14H14ClN3O2S. The Bertz CT molecular complexity index is 636. The third-order valence-corrected chi connectivity index (χ3v) is 5.22. The van der Waals surface area contributed by atoms with E-state index in [2.05, 4.69) is 4.98 Å². The monoisotopic (exact) mass is 323 g/mol. The number of nitro benzene ring substituents is 1. The molecule has 2 aromatic rings. The fourth-order valence-corrected chi connectivity index (χ4v) is 3.74. The van der Waals surface area contributed by atoms with Gasteiger partial charge in [-0.15, -0.1) is 11.3 Å². The van der Waals surface area contributed by atoms with Crippen LogP contribution in [0.3, 0.4) is 0 Å². The molecule has 1 fully saturated rings. The predicted molar refractivity (Wildman–Crippen MR) is 83.6 cm³/mol. The van der Waals surface area contributed by atoms with Gasteiger partial charge >= 0.3 is 0 Å². The minimum Gasteiger partial charge on any atom is -0.258 e. The first kappa shape index (κ1) is 14.4. The highest BCUT2D eigenvalue weighted by Gasteiger charge is 2.22. The Kier molecular flexibility index (Phi) is 4.19. The summed E-state index contributed by atoms with van der Waals surface area (Å²) in [5.41, 5.74) is 1.08. The summed E-state index contributed by atoms with van der Waals surface area (Å²) in [6, 6.07) is 6.61. The molecule has 0 radical (unpaired) electrons. The topological polar surface area (TPSA) is 59.3 Å². The molecule has 3 rings (SSSR count). The van der Waals surface area contributed by atoms with Crippen LogP contribution in [0.15, 0.2) is 30.5 Å². The maximum atomic E-state index is 10.7. The van der Waals surface area contributed by atoms with Crippen molar-refractivity contribution >= 4 is 28.8 Å². The van der Waals surface area contributed by atoms with Crippen molar-refractivity contribution < 1.29 is 4.92 Å². The summed E-state index contributed by atoms with van der Waals surface area (Å²) in [5.74, 6) is 0.469. The zero-order valence-corrected chi connectivity index (χ0v) is 12.8. The van der Waals surface area contributed by atoms with Gasteiger partial charge in [0.05, 0.1) is 14.8 Å². The lowest BCUT2D eigenvalue weighted by Crippen LogP contribution is -2.25. The number of nitrogens with zero attached hydrogens (tertiary/aromatic N) is 3. The Labute approximate surface area is 131 Å². The molecule has 1 aromatic heterocycles. The Balaban J connectivity index is 1.76. The van der Waals surface area contributed by atoms with Crippen molar-refractivity contribution in [3.63, 3.8) is 0 Å². The molecule has 0 aliphatic carbocycles. The van der Waals surface area contributed by atoms with Crippen LogP contribution in [0.1, 0.15) is 23.8 Å². The molecule has 1 saturated heterocycles. The van der Waals surface area contributed by atoms with E-state index in [1.807, 2.05) is 10.6 Å². The number of piperidine rings is 1. The first-order valence-corrected chi connectivity index (χ1v) is 7.90. The molecule has 2 heterocycles. The fraction of sp³-hybridized carbons (Fsp3) is 0.357. The van der Waals surface area contributed by atoms with E-state index in [0.717, 1.165) is 41.4 Å². The average molecular weight is 324 g/mol. The molecule has 1 aliphatic rings. The first-order valence-electron chi connectivity index (χ1n) is 6.75. The zero-order chi connectivity index (χ0) is 14.8. The van der Waals surface area contributed by atoms with Crippen molar-refractivity contribution in [3.8, 4) is 10.4 Å². The van der Waals surface area contributed by atoms with Crippen LogP contribution in [-0.4, -0.2) is 27.4 Å². The highest BCUT2D eigenvalue weighted by molar-refractivity contribution is 7.15. The summed E-state index contributed by atoms with van der Waals surface area (Å²) in [5, 5.41) is 11.8. The van der Waals surface area contributed by atoms with Crippen molar-refractivity contribution in [2.45, 2.75) is 18.8 Å². The zero-order valence-electron chi connectivity index (χ0n) is 11.2. The van der Waals surface area contributed by atoms with Crippen LogP contribution in [0, 0.1) is 10.1 Å². The van der Waals surface area contributed by atoms with Crippen LogP contribution in [0.5, 0.6) is 0 Å². The molecule has 0 N–H and O–H groups in total. The van der Waals surface area contributed by atoms with Gasteiger partial charge < -0.3 is 0 Å². The Morgan fingerprint density at radius 3 is 2.57 bits per heavy atom. The summed E-state index contributed by atoms with van der Waals surface area (Å²) in [7, 11) is 0. The standard InChI is InChI=1S/C14H14ClN3O2S/c15-17-7-5-11(6-8-17)14-16-9-13(21-14)10-1-3-12(4-2-10)18(19)20/h1-4,9,11H,5-8H2. The number of benzene rings is 1. The minimum absolute atomic E-state index is 0.109. The van der Waals surface area contributed by atoms with Gasteiger partial charge in [0.2, 0.25) is 0 Å². The number of non-ortho nitro benzene ring substituents is 1.